The number of nitrogens with zero attached hydrogens (tertiary/aromatic N) is 1. The third kappa shape index (κ3) is 3.08. The number of methoxy groups -OCH3 is 1. The number of thiazole rings is 1. The van der Waals surface area contributed by atoms with Crippen molar-refractivity contribution in [3.8, 4) is 0 Å². The topological polar surface area (TPSA) is 51.2 Å². The van der Waals surface area contributed by atoms with Crippen LogP contribution in [-0.4, -0.2) is 24.6 Å². The minimum Gasteiger partial charge on any atom is -0.375 e. The number of carbonyl (C=O) groups excluding carboxylic acids is 1. The molecule has 1 amide bonds. The molecule has 0 aromatic carbocycles. The molecule has 4 nitrogen and oxygen atoms in total. The summed E-state index contributed by atoms with van der Waals surface area (Å²) >= 11 is 1.59. The predicted molar refractivity (Wildman–Crippen MR) is 55.3 cm³/mol. The van der Waals surface area contributed by atoms with Gasteiger partial charge in [-0.3, -0.25) is 4.79 Å². The summed E-state index contributed by atoms with van der Waals surface area (Å²) in [7, 11) is 1.50. The van der Waals surface area contributed by atoms with E-state index in [4.69, 9.17) is 4.74 Å². The SMILES string of the molecule is COCC(=O)NC(C)c1ncc(C)s1. The largest absolute Gasteiger partial charge is 0.375 e. The second-order valence-electron chi connectivity index (χ2n) is 3.03. The Balaban J connectivity index is 2.50. The van der Waals surface area contributed by atoms with Crippen molar-refractivity contribution in [1.29, 1.82) is 0 Å². The minimum atomic E-state index is -0.118. The molecule has 0 saturated heterocycles. The van der Waals surface area contributed by atoms with Crippen LogP contribution in [0.25, 0.3) is 0 Å². The van der Waals surface area contributed by atoms with Crippen LogP contribution in [0.5, 0.6) is 0 Å². The van der Waals surface area contributed by atoms with Gasteiger partial charge in [0.15, 0.2) is 0 Å². The van der Waals surface area contributed by atoms with Crippen LogP contribution in [0.1, 0.15) is 22.9 Å². The van der Waals surface area contributed by atoms with Crippen molar-refractivity contribution in [2.45, 2.75) is 19.9 Å². The highest BCUT2D eigenvalue weighted by atomic mass is 32.1. The number of amides is 1. The number of aryl methyl sites for hydroxylation is 1. The number of aromatic nitrogens is 1. The number of nitrogens with one attached hydrogen (secondary N) is 1. The minimum absolute atomic E-state index is 0.0450. The first-order chi connectivity index (χ1) is 6.63. The molecule has 0 fully saturated rings. The summed E-state index contributed by atoms with van der Waals surface area (Å²) in [6, 6.07) is -0.0450. The second-order valence-corrected chi connectivity index (χ2v) is 4.30. The fraction of sp³-hybridized carbons (Fsp3) is 0.556. The van der Waals surface area contributed by atoms with E-state index < -0.39 is 0 Å². The van der Waals surface area contributed by atoms with Crippen molar-refractivity contribution in [3.63, 3.8) is 0 Å². The van der Waals surface area contributed by atoms with E-state index >= 15 is 0 Å². The van der Waals surface area contributed by atoms with Gasteiger partial charge in [-0.25, -0.2) is 4.98 Å². The maximum absolute atomic E-state index is 11.2. The van der Waals surface area contributed by atoms with E-state index in [1.165, 1.54) is 7.11 Å². The van der Waals surface area contributed by atoms with Gasteiger partial charge in [0.1, 0.15) is 11.6 Å². The smallest absolute Gasteiger partial charge is 0.246 e. The normalized spacial score (nSPS) is 12.5. The lowest BCUT2D eigenvalue weighted by Crippen LogP contribution is -2.29. The lowest BCUT2D eigenvalue weighted by Gasteiger charge is -2.10. The molecule has 5 heteroatoms. The van der Waals surface area contributed by atoms with Crippen molar-refractivity contribution in [2.75, 3.05) is 13.7 Å². The molecule has 0 aliphatic heterocycles. The van der Waals surface area contributed by atoms with Crippen molar-refractivity contribution >= 4 is 17.2 Å². The van der Waals surface area contributed by atoms with Gasteiger partial charge in [0, 0.05) is 18.2 Å². The average molecular weight is 214 g/mol. The zero-order valence-corrected chi connectivity index (χ0v) is 9.35. The van der Waals surface area contributed by atoms with Crippen LogP contribution >= 0.6 is 11.3 Å². The number of carbonyl (C=O) groups is 1. The van der Waals surface area contributed by atoms with Crippen molar-refractivity contribution in [2.24, 2.45) is 0 Å². The third-order valence-electron chi connectivity index (χ3n) is 1.66. The monoisotopic (exact) mass is 214 g/mol. The van der Waals surface area contributed by atoms with Gasteiger partial charge in [0.05, 0.1) is 6.04 Å². The van der Waals surface area contributed by atoms with E-state index in [1.54, 1.807) is 17.5 Å². The molecule has 1 atom stereocenters. The summed E-state index contributed by atoms with van der Waals surface area (Å²) in [6.07, 6.45) is 1.80. The molecule has 1 heterocycles. The molecule has 1 rings (SSSR count). The molecule has 0 radical (unpaired) electrons. The first kappa shape index (κ1) is 11.1. The maximum Gasteiger partial charge on any atom is 0.246 e. The molecule has 0 saturated carbocycles. The third-order valence-corrected chi connectivity index (χ3v) is 2.76. The van der Waals surface area contributed by atoms with Crippen molar-refractivity contribution in [1.82, 2.24) is 10.3 Å². The van der Waals surface area contributed by atoms with Crippen LogP contribution < -0.4 is 5.32 Å². The summed E-state index contributed by atoms with van der Waals surface area (Å²) in [4.78, 5) is 16.5. The lowest BCUT2D eigenvalue weighted by atomic mass is 10.3. The average Bonchev–Trinajstić information content (AvgIpc) is 2.52. The van der Waals surface area contributed by atoms with Gasteiger partial charge < -0.3 is 10.1 Å². The zero-order chi connectivity index (χ0) is 10.6. The summed E-state index contributed by atoms with van der Waals surface area (Å²) in [5.41, 5.74) is 0. The van der Waals surface area contributed by atoms with Gasteiger partial charge in [-0.1, -0.05) is 0 Å². The lowest BCUT2D eigenvalue weighted by molar-refractivity contribution is -0.125. The van der Waals surface area contributed by atoms with Crippen LogP contribution in [0.2, 0.25) is 0 Å². The van der Waals surface area contributed by atoms with Gasteiger partial charge in [-0.2, -0.15) is 0 Å². The quantitative estimate of drug-likeness (QED) is 0.821. The molecule has 14 heavy (non-hydrogen) atoms. The molecule has 0 spiro atoms. The standard InChI is InChI=1S/C9H14N2O2S/c1-6-4-10-9(14-6)7(2)11-8(12)5-13-3/h4,7H,5H2,1-3H3,(H,11,12). The Labute approximate surface area is 87.3 Å². The number of ether oxygens (including phenoxy) is 1. The Morgan fingerprint density at radius 3 is 3.00 bits per heavy atom. The van der Waals surface area contributed by atoms with Crippen LogP contribution in [-0.2, 0) is 9.53 Å². The Hall–Kier alpha value is -0.940. The fourth-order valence-corrected chi connectivity index (χ4v) is 1.82. The summed E-state index contributed by atoms with van der Waals surface area (Å²) < 4.78 is 4.72. The van der Waals surface area contributed by atoms with Gasteiger partial charge in [-0.15, -0.1) is 11.3 Å². The summed E-state index contributed by atoms with van der Waals surface area (Å²) in [5, 5.41) is 3.72. The first-order valence-electron chi connectivity index (χ1n) is 4.34. The van der Waals surface area contributed by atoms with E-state index in [2.05, 4.69) is 10.3 Å². The van der Waals surface area contributed by atoms with E-state index in [9.17, 15) is 4.79 Å². The molecule has 0 bridgehead atoms. The van der Waals surface area contributed by atoms with Crippen molar-refractivity contribution in [3.05, 3.63) is 16.1 Å². The number of hydrogen-bond acceptors (Lipinski definition) is 4. The van der Waals surface area contributed by atoms with Gasteiger partial charge in [0.2, 0.25) is 5.91 Å². The van der Waals surface area contributed by atoms with Gasteiger partial charge in [0.25, 0.3) is 0 Å². The molecule has 1 aromatic rings. The predicted octanol–water partition coefficient (Wildman–Crippen LogP) is 1.28. The van der Waals surface area contributed by atoms with Crippen LogP contribution in [0, 0.1) is 6.92 Å². The molecular formula is C9H14N2O2S. The highest BCUT2D eigenvalue weighted by molar-refractivity contribution is 7.11. The summed E-state index contributed by atoms with van der Waals surface area (Å²) in [5.74, 6) is -0.118. The molecule has 1 unspecified atom stereocenters. The molecule has 0 aliphatic carbocycles. The first-order valence-corrected chi connectivity index (χ1v) is 5.15. The number of hydrogen-bond donors (Lipinski definition) is 1. The fourth-order valence-electron chi connectivity index (χ4n) is 1.05. The van der Waals surface area contributed by atoms with E-state index in [0.717, 1.165) is 9.88 Å². The second kappa shape index (κ2) is 5.07. The zero-order valence-electron chi connectivity index (χ0n) is 8.53. The van der Waals surface area contributed by atoms with Crippen LogP contribution in [0.4, 0.5) is 0 Å². The molecule has 1 aromatic heterocycles. The Morgan fingerprint density at radius 1 is 1.79 bits per heavy atom. The highest BCUT2D eigenvalue weighted by Crippen LogP contribution is 2.18. The Morgan fingerprint density at radius 2 is 2.50 bits per heavy atom. The molecule has 1 N–H and O–H groups in total. The van der Waals surface area contributed by atoms with Gasteiger partial charge in [-0.05, 0) is 13.8 Å². The Bertz CT molecular complexity index is 312. The van der Waals surface area contributed by atoms with E-state index in [0.29, 0.717) is 0 Å². The molecule has 78 valence electrons. The number of rotatable bonds is 4. The summed E-state index contributed by atoms with van der Waals surface area (Å²) in [6.45, 7) is 3.99. The van der Waals surface area contributed by atoms with Crippen molar-refractivity contribution < 1.29 is 9.53 Å². The highest BCUT2D eigenvalue weighted by Gasteiger charge is 2.11. The van der Waals surface area contributed by atoms with Gasteiger partial charge >= 0.3 is 0 Å². The molecular weight excluding hydrogens is 200 g/mol. The Kier molecular flexibility index (Phi) is 4.03. The molecule has 0 aliphatic rings. The van der Waals surface area contributed by atoms with Crippen LogP contribution in [0.3, 0.4) is 0 Å². The van der Waals surface area contributed by atoms with E-state index in [1.807, 2.05) is 13.8 Å². The maximum atomic E-state index is 11.2. The van der Waals surface area contributed by atoms with E-state index in [-0.39, 0.29) is 18.6 Å². The van der Waals surface area contributed by atoms with Crippen LogP contribution in [0.15, 0.2) is 6.20 Å².